The molecule has 0 radical (unpaired) electrons. The maximum Gasteiger partial charge on any atom is 0.308 e. The fourth-order valence-corrected chi connectivity index (χ4v) is 3.50. The van der Waals surface area contributed by atoms with Crippen LogP contribution in [0.3, 0.4) is 0 Å². The minimum absolute atomic E-state index is 0.239. The first kappa shape index (κ1) is 20.7. The Hall–Kier alpha value is -3.07. The molecule has 0 aromatic heterocycles. The Morgan fingerprint density at radius 1 is 0.655 bits per heavy atom. The third-order valence-corrected chi connectivity index (χ3v) is 4.90. The number of esters is 1. The highest BCUT2D eigenvalue weighted by atomic mass is 16.5. The summed E-state index contributed by atoms with van der Waals surface area (Å²) in [6.07, 6.45) is 0. The lowest BCUT2D eigenvalue weighted by Gasteiger charge is -2.32. The fourth-order valence-electron chi connectivity index (χ4n) is 3.50. The van der Waals surface area contributed by atoms with Gasteiger partial charge in [-0.3, -0.25) is 4.79 Å². The summed E-state index contributed by atoms with van der Waals surface area (Å²) in [6.45, 7) is 9.74. The Bertz CT molecular complexity index is 952. The van der Waals surface area contributed by atoms with Crippen molar-refractivity contribution in [3.63, 3.8) is 0 Å². The molecule has 3 rings (SSSR count). The van der Waals surface area contributed by atoms with Gasteiger partial charge in [0.05, 0.1) is 0 Å². The van der Waals surface area contributed by atoms with E-state index in [1.165, 1.54) is 12.5 Å². The quantitative estimate of drug-likeness (QED) is 0.299. The molecule has 0 saturated carbocycles. The van der Waals surface area contributed by atoms with Crippen molar-refractivity contribution in [1.29, 1.82) is 0 Å². The molecule has 150 valence electrons. The molecule has 0 aliphatic rings. The number of hydrogen-bond donors (Lipinski definition) is 0. The highest BCUT2D eigenvalue weighted by Gasteiger charge is 2.31. The molecule has 0 amide bonds. The molecule has 0 N–H and O–H groups in total. The summed E-state index contributed by atoms with van der Waals surface area (Å²) in [5, 5.41) is 0. The SMILES string of the molecule is CC(=O)Oc1ccc(C(C)(c2ccccc2)c2ccc(OC(C)(C)C)cc2)cc1. The van der Waals surface area contributed by atoms with Gasteiger partial charge in [-0.2, -0.15) is 0 Å². The van der Waals surface area contributed by atoms with E-state index in [9.17, 15) is 4.79 Å². The van der Waals surface area contributed by atoms with Crippen LogP contribution < -0.4 is 9.47 Å². The van der Waals surface area contributed by atoms with Crippen LogP contribution in [0.2, 0.25) is 0 Å². The topological polar surface area (TPSA) is 35.5 Å². The molecule has 29 heavy (non-hydrogen) atoms. The van der Waals surface area contributed by atoms with Crippen molar-refractivity contribution < 1.29 is 14.3 Å². The van der Waals surface area contributed by atoms with Crippen LogP contribution >= 0.6 is 0 Å². The number of hydrogen-bond acceptors (Lipinski definition) is 3. The van der Waals surface area contributed by atoms with E-state index < -0.39 is 0 Å². The van der Waals surface area contributed by atoms with Gasteiger partial charge in [0.15, 0.2) is 0 Å². The van der Waals surface area contributed by atoms with Crippen LogP contribution in [0.25, 0.3) is 0 Å². The Balaban J connectivity index is 2.04. The largest absolute Gasteiger partial charge is 0.488 e. The zero-order chi connectivity index (χ0) is 21.1. The molecule has 1 atom stereocenters. The lowest BCUT2D eigenvalue weighted by Crippen LogP contribution is -2.26. The van der Waals surface area contributed by atoms with Crippen molar-refractivity contribution in [3.05, 3.63) is 95.6 Å². The van der Waals surface area contributed by atoms with Crippen LogP contribution in [0.4, 0.5) is 0 Å². The number of carbonyl (C=O) groups excluding carboxylic acids is 1. The molecule has 0 saturated heterocycles. The smallest absolute Gasteiger partial charge is 0.308 e. The van der Waals surface area contributed by atoms with Crippen molar-refractivity contribution in [2.45, 2.75) is 45.6 Å². The maximum atomic E-state index is 11.2. The Morgan fingerprint density at radius 3 is 1.55 bits per heavy atom. The van der Waals surface area contributed by atoms with Gasteiger partial charge in [0, 0.05) is 12.3 Å². The number of ether oxygens (including phenoxy) is 2. The molecule has 0 spiro atoms. The van der Waals surface area contributed by atoms with Gasteiger partial charge >= 0.3 is 5.97 Å². The third kappa shape index (κ3) is 4.86. The van der Waals surface area contributed by atoms with E-state index in [4.69, 9.17) is 9.47 Å². The molecule has 0 fully saturated rings. The molecule has 0 heterocycles. The zero-order valence-electron chi connectivity index (χ0n) is 17.7. The molecule has 3 nitrogen and oxygen atoms in total. The first-order chi connectivity index (χ1) is 13.7. The van der Waals surface area contributed by atoms with E-state index in [1.54, 1.807) is 0 Å². The Morgan fingerprint density at radius 2 is 1.10 bits per heavy atom. The summed E-state index contributed by atoms with van der Waals surface area (Å²) in [5.74, 6) is 1.07. The second-order valence-corrected chi connectivity index (χ2v) is 8.35. The maximum absolute atomic E-state index is 11.2. The Kier molecular flexibility index (Phi) is 5.78. The molecule has 3 aromatic rings. The van der Waals surface area contributed by atoms with Crippen LogP contribution in [0.15, 0.2) is 78.9 Å². The molecule has 1 unspecified atom stereocenters. The number of carbonyl (C=O) groups is 1. The summed E-state index contributed by atoms with van der Waals surface area (Å²) in [6, 6.07) is 26.4. The van der Waals surface area contributed by atoms with Gasteiger partial charge in [0.2, 0.25) is 0 Å². The first-order valence-electron chi connectivity index (χ1n) is 9.82. The minimum Gasteiger partial charge on any atom is -0.488 e. The number of benzene rings is 3. The van der Waals surface area contributed by atoms with Gasteiger partial charge in [-0.25, -0.2) is 0 Å². The molecular formula is C26H28O3. The summed E-state index contributed by atoms with van der Waals surface area (Å²) >= 11 is 0. The number of rotatable bonds is 5. The van der Waals surface area contributed by atoms with Gasteiger partial charge in [-0.1, -0.05) is 54.6 Å². The second kappa shape index (κ2) is 8.12. The van der Waals surface area contributed by atoms with E-state index in [0.717, 1.165) is 16.9 Å². The monoisotopic (exact) mass is 388 g/mol. The average Bonchev–Trinajstić information content (AvgIpc) is 2.67. The van der Waals surface area contributed by atoms with E-state index in [-0.39, 0.29) is 17.0 Å². The highest BCUT2D eigenvalue weighted by Crippen LogP contribution is 2.40. The Labute approximate surface area is 173 Å². The standard InChI is InChI=1S/C26H28O3/c1-19(27)28-23-15-11-21(12-16-23)26(5,20-9-7-6-8-10-20)22-13-17-24(18-14-22)29-25(2,3)4/h6-18H,1-5H3. The van der Waals surface area contributed by atoms with E-state index in [0.29, 0.717) is 5.75 Å². The van der Waals surface area contributed by atoms with Gasteiger partial charge < -0.3 is 9.47 Å². The summed E-state index contributed by atoms with van der Waals surface area (Å²) in [4.78, 5) is 11.2. The van der Waals surface area contributed by atoms with Crippen LogP contribution in [0, 0.1) is 0 Å². The molecule has 0 bridgehead atoms. The predicted octanol–water partition coefficient (Wildman–Crippen LogP) is 6.14. The van der Waals surface area contributed by atoms with Gasteiger partial charge in [-0.05, 0) is 68.7 Å². The van der Waals surface area contributed by atoms with Crippen molar-refractivity contribution in [2.24, 2.45) is 0 Å². The normalized spacial score (nSPS) is 13.4. The third-order valence-electron chi connectivity index (χ3n) is 4.90. The van der Waals surface area contributed by atoms with Gasteiger partial charge in [0.25, 0.3) is 0 Å². The zero-order valence-corrected chi connectivity index (χ0v) is 17.7. The highest BCUT2D eigenvalue weighted by molar-refractivity contribution is 5.69. The summed E-state index contributed by atoms with van der Waals surface area (Å²) < 4.78 is 11.2. The lowest BCUT2D eigenvalue weighted by atomic mass is 9.71. The molecular weight excluding hydrogens is 360 g/mol. The second-order valence-electron chi connectivity index (χ2n) is 8.35. The van der Waals surface area contributed by atoms with Gasteiger partial charge in [-0.15, -0.1) is 0 Å². The van der Waals surface area contributed by atoms with Crippen molar-refractivity contribution in [3.8, 4) is 11.5 Å². The van der Waals surface area contributed by atoms with Gasteiger partial charge in [0.1, 0.15) is 17.1 Å². The summed E-state index contributed by atoms with van der Waals surface area (Å²) in [5.41, 5.74) is 2.85. The molecule has 0 aliphatic heterocycles. The van der Waals surface area contributed by atoms with Crippen molar-refractivity contribution >= 4 is 5.97 Å². The van der Waals surface area contributed by atoms with Crippen LogP contribution in [0.1, 0.15) is 51.3 Å². The predicted molar refractivity (Wildman–Crippen MR) is 117 cm³/mol. The van der Waals surface area contributed by atoms with Crippen molar-refractivity contribution in [2.75, 3.05) is 0 Å². The van der Waals surface area contributed by atoms with E-state index in [2.05, 4.69) is 43.3 Å². The van der Waals surface area contributed by atoms with Crippen LogP contribution in [-0.4, -0.2) is 11.6 Å². The van der Waals surface area contributed by atoms with Crippen LogP contribution in [-0.2, 0) is 10.2 Å². The minimum atomic E-state index is -0.365. The molecule has 0 aliphatic carbocycles. The van der Waals surface area contributed by atoms with Crippen molar-refractivity contribution in [1.82, 2.24) is 0 Å². The van der Waals surface area contributed by atoms with E-state index in [1.807, 2.05) is 63.2 Å². The summed E-state index contributed by atoms with van der Waals surface area (Å²) in [7, 11) is 0. The lowest BCUT2D eigenvalue weighted by molar-refractivity contribution is -0.131. The molecule has 3 heteroatoms. The fraction of sp³-hybridized carbons (Fsp3) is 0.269. The van der Waals surface area contributed by atoms with E-state index >= 15 is 0 Å². The molecule has 3 aromatic carbocycles. The average molecular weight is 389 g/mol. The van der Waals surface area contributed by atoms with Crippen LogP contribution in [0.5, 0.6) is 11.5 Å². The first-order valence-corrected chi connectivity index (χ1v) is 9.82.